The van der Waals surface area contributed by atoms with Crippen molar-refractivity contribution in [2.24, 2.45) is 0 Å². The van der Waals surface area contributed by atoms with Gasteiger partial charge in [0, 0.05) is 5.56 Å². The molecule has 24 heavy (non-hydrogen) atoms. The Kier molecular flexibility index (Phi) is 4.77. The maximum absolute atomic E-state index is 11.8. The van der Waals surface area contributed by atoms with Crippen LogP contribution in [0.15, 0.2) is 63.8 Å². The van der Waals surface area contributed by atoms with Gasteiger partial charge in [0.2, 0.25) is 5.89 Å². The molecule has 1 unspecified atom stereocenters. The average molecular weight is 326 g/mol. The number of aliphatic hydroxyl groups is 1. The van der Waals surface area contributed by atoms with Crippen molar-refractivity contribution in [1.29, 1.82) is 0 Å². The molecule has 0 aliphatic rings. The molecule has 3 rings (SSSR count). The number of aryl methyl sites for hydroxylation is 1. The van der Waals surface area contributed by atoms with Crippen LogP contribution in [-0.2, 0) is 6.54 Å². The zero-order valence-corrected chi connectivity index (χ0v) is 13.3. The van der Waals surface area contributed by atoms with E-state index in [1.165, 1.54) is 0 Å². The molecule has 1 atom stereocenters. The minimum absolute atomic E-state index is 0.00102. The van der Waals surface area contributed by atoms with Gasteiger partial charge >= 0.3 is 5.76 Å². The molecule has 124 valence electrons. The maximum atomic E-state index is 11.8. The Balaban J connectivity index is 1.62. The third-order valence-electron chi connectivity index (χ3n) is 3.47. The zero-order chi connectivity index (χ0) is 16.9. The van der Waals surface area contributed by atoms with E-state index in [0.29, 0.717) is 11.3 Å². The van der Waals surface area contributed by atoms with Crippen molar-refractivity contribution >= 4 is 0 Å². The van der Waals surface area contributed by atoms with Crippen molar-refractivity contribution in [2.75, 3.05) is 6.61 Å². The number of rotatable bonds is 6. The van der Waals surface area contributed by atoms with Crippen molar-refractivity contribution in [3.05, 3.63) is 70.7 Å². The first-order valence-electron chi connectivity index (χ1n) is 7.63. The van der Waals surface area contributed by atoms with Gasteiger partial charge in [-0.05, 0) is 31.2 Å². The molecule has 0 saturated carbocycles. The van der Waals surface area contributed by atoms with Crippen molar-refractivity contribution in [3.8, 4) is 17.2 Å². The van der Waals surface area contributed by atoms with E-state index in [1.807, 2.05) is 49.4 Å². The number of aliphatic hydroxyl groups excluding tert-OH is 1. The molecule has 3 aromatic rings. The highest BCUT2D eigenvalue weighted by Gasteiger charge is 2.14. The fourth-order valence-corrected chi connectivity index (χ4v) is 2.20. The van der Waals surface area contributed by atoms with E-state index in [2.05, 4.69) is 5.10 Å². The summed E-state index contributed by atoms with van der Waals surface area (Å²) in [4.78, 5) is 11.8. The lowest BCUT2D eigenvalue weighted by molar-refractivity contribution is 0.0875. The second kappa shape index (κ2) is 7.14. The maximum Gasteiger partial charge on any atom is 0.437 e. The normalized spacial score (nSPS) is 12.1. The SMILES string of the molecule is Cc1ccc(OCC(O)Cn2nc(-c3ccccc3)oc2=O)cc1. The summed E-state index contributed by atoms with van der Waals surface area (Å²) >= 11 is 0. The van der Waals surface area contributed by atoms with Gasteiger partial charge in [0.25, 0.3) is 0 Å². The topological polar surface area (TPSA) is 77.5 Å². The first-order chi connectivity index (χ1) is 11.6. The number of hydrogen-bond donors (Lipinski definition) is 1. The van der Waals surface area contributed by atoms with Crippen LogP contribution in [0.5, 0.6) is 5.75 Å². The van der Waals surface area contributed by atoms with Crippen LogP contribution in [0.25, 0.3) is 11.5 Å². The van der Waals surface area contributed by atoms with Crippen molar-refractivity contribution in [1.82, 2.24) is 9.78 Å². The highest BCUT2D eigenvalue weighted by Crippen LogP contribution is 2.14. The summed E-state index contributed by atoms with van der Waals surface area (Å²) in [5.74, 6) is 0.285. The zero-order valence-electron chi connectivity index (χ0n) is 13.3. The molecule has 0 fully saturated rings. The quantitative estimate of drug-likeness (QED) is 0.752. The molecule has 0 amide bonds. The molecule has 0 aliphatic carbocycles. The highest BCUT2D eigenvalue weighted by atomic mass is 16.5. The first-order valence-corrected chi connectivity index (χ1v) is 7.63. The third-order valence-corrected chi connectivity index (χ3v) is 3.47. The molecule has 0 radical (unpaired) electrons. The number of aromatic nitrogens is 2. The van der Waals surface area contributed by atoms with Crippen LogP contribution in [0.4, 0.5) is 0 Å². The summed E-state index contributed by atoms with van der Waals surface area (Å²) < 4.78 is 11.7. The second-order valence-corrected chi connectivity index (χ2v) is 5.50. The van der Waals surface area contributed by atoms with Crippen LogP contribution in [0.1, 0.15) is 5.56 Å². The molecule has 6 nitrogen and oxygen atoms in total. The Labute approximate surface area is 138 Å². The fraction of sp³-hybridized carbons (Fsp3) is 0.222. The summed E-state index contributed by atoms with van der Waals surface area (Å²) in [7, 11) is 0. The van der Waals surface area contributed by atoms with E-state index in [9.17, 15) is 9.90 Å². The van der Waals surface area contributed by atoms with Crippen LogP contribution < -0.4 is 10.5 Å². The van der Waals surface area contributed by atoms with Crippen LogP contribution in [-0.4, -0.2) is 27.6 Å². The largest absolute Gasteiger partial charge is 0.491 e. The van der Waals surface area contributed by atoms with Crippen LogP contribution in [0, 0.1) is 6.92 Å². The Morgan fingerprint density at radius 2 is 1.88 bits per heavy atom. The molecule has 1 heterocycles. The average Bonchev–Trinajstić information content (AvgIpc) is 2.96. The third kappa shape index (κ3) is 3.91. The van der Waals surface area contributed by atoms with E-state index in [0.717, 1.165) is 10.2 Å². The molecule has 1 N–H and O–H groups in total. The lowest BCUT2D eigenvalue weighted by atomic mass is 10.2. The second-order valence-electron chi connectivity index (χ2n) is 5.50. The van der Waals surface area contributed by atoms with E-state index < -0.39 is 11.9 Å². The number of nitrogens with zero attached hydrogens (tertiary/aromatic N) is 2. The molecule has 0 aliphatic heterocycles. The van der Waals surface area contributed by atoms with Gasteiger partial charge in [0.1, 0.15) is 18.5 Å². The predicted octanol–water partition coefficient (Wildman–Crippen LogP) is 2.25. The number of benzene rings is 2. The van der Waals surface area contributed by atoms with Gasteiger partial charge in [-0.15, -0.1) is 5.10 Å². The van der Waals surface area contributed by atoms with E-state index >= 15 is 0 Å². The lowest BCUT2D eigenvalue weighted by Gasteiger charge is -2.11. The van der Waals surface area contributed by atoms with Gasteiger partial charge in [-0.25, -0.2) is 4.79 Å². The predicted molar refractivity (Wildman–Crippen MR) is 88.9 cm³/mol. The Bertz CT molecular complexity index is 837. The molecule has 0 saturated heterocycles. The van der Waals surface area contributed by atoms with Crippen molar-refractivity contribution in [3.63, 3.8) is 0 Å². The summed E-state index contributed by atoms with van der Waals surface area (Å²) in [6.45, 7) is 2.05. The fourth-order valence-electron chi connectivity index (χ4n) is 2.20. The van der Waals surface area contributed by atoms with Gasteiger partial charge in [-0.2, -0.15) is 4.68 Å². The first kappa shape index (κ1) is 16.0. The van der Waals surface area contributed by atoms with Gasteiger partial charge in [0.05, 0.1) is 6.54 Å². The molecule has 6 heteroatoms. The minimum atomic E-state index is -0.877. The van der Waals surface area contributed by atoms with Crippen LogP contribution in [0.2, 0.25) is 0 Å². The molecule has 0 spiro atoms. The van der Waals surface area contributed by atoms with Gasteiger partial charge in [-0.3, -0.25) is 0 Å². The monoisotopic (exact) mass is 326 g/mol. The summed E-state index contributed by atoms with van der Waals surface area (Å²) in [5, 5.41) is 14.2. The standard InChI is InChI=1S/C18H18N2O4/c1-13-7-9-16(10-8-13)23-12-15(21)11-20-18(22)24-17(19-20)14-5-3-2-4-6-14/h2-10,15,21H,11-12H2,1H3. The Morgan fingerprint density at radius 1 is 1.17 bits per heavy atom. The number of ether oxygens (including phenoxy) is 1. The highest BCUT2D eigenvalue weighted by molar-refractivity contribution is 5.51. The molecular weight excluding hydrogens is 308 g/mol. The number of hydrogen-bond acceptors (Lipinski definition) is 5. The summed E-state index contributed by atoms with van der Waals surface area (Å²) in [6.07, 6.45) is -0.877. The lowest BCUT2D eigenvalue weighted by Crippen LogP contribution is -2.29. The summed E-state index contributed by atoms with van der Waals surface area (Å²) in [5.41, 5.74) is 1.84. The van der Waals surface area contributed by atoms with Crippen LogP contribution in [0.3, 0.4) is 0 Å². The molecule has 2 aromatic carbocycles. The van der Waals surface area contributed by atoms with E-state index in [-0.39, 0.29) is 19.0 Å². The smallest absolute Gasteiger partial charge is 0.437 e. The van der Waals surface area contributed by atoms with E-state index in [1.54, 1.807) is 12.1 Å². The molecule has 1 aromatic heterocycles. The molecular formula is C18H18N2O4. The summed E-state index contributed by atoms with van der Waals surface area (Å²) in [6, 6.07) is 16.6. The minimum Gasteiger partial charge on any atom is -0.491 e. The van der Waals surface area contributed by atoms with Gasteiger partial charge < -0.3 is 14.3 Å². The van der Waals surface area contributed by atoms with Gasteiger partial charge in [0.15, 0.2) is 0 Å². The van der Waals surface area contributed by atoms with Gasteiger partial charge in [-0.1, -0.05) is 35.9 Å². The van der Waals surface area contributed by atoms with Crippen LogP contribution >= 0.6 is 0 Å². The van der Waals surface area contributed by atoms with Crippen molar-refractivity contribution < 1.29 is 14.3 Å². The Hall–Kier alpha value is -2.86. The van der Waals surface area contributed by atoms with E-state index in [4.69, 9.17) is 9.15 Å². The molecule has 0 bridgehead atoms. The van der Waals surface area contributed by atoms with Crippen molar-refractivity contribution in [2.45, 2.75) is 19.6 Å². The Morgan fingerprint density at radius 3 is 2.58 bits per heavy atom.